The van der Waals surface area contributed by atoms with Gasteiger partial charge in [0.25, 0.3) is 0 Å². The molecule has 0 aliphatic carbocycles. The number of hydrogen-bond donors (Lipinski definition) is 1. The third-order valence-electron chi connectivity index (χ3n) is 2.99. The van der Waals surface area contributed by atoms with Crippen LogP contribution in [0, 0.1) is 5.82 Å². The second kappa shape index (κ2) is 7.77. The molecular formula is C14H22FNOS. The molecule has 0 bridgehead atoms. The van der Waals surface area contributed by atoms with E-state index in [-0.39, 0.29) is 5.82 Å². The van der Waals surface area contributed by atoms with Gasteiger partial charge in [0.2, 0.25) is 0 Å². The Labute approximate surface area is 113 Å². The second-order valence-corrected chi connectivity index (χ2v) is 5.34. The van der Waals surface area contributed by atoms with Crippen molar-refractivity contribution in [3.63, 3.8) is 0 Å². The number of thioether (sulfide) groups is 1. The van der Waals surface area contributed by atoms with Crippen LogP contribution in [0.4, 0.5) is 4.39 Å². The Morgan fingerprint density at radius 2 is 2.00 bits per heavy atom. The van der Waals surface area contributed by atoms with Gasteiger partial charge in [-0.25, -0.2) is 4.39 Å². The summed E-state index contributed by atoms with van der Waals surface area (Å²) in [4.78, 5) is 3.17. The van der Waals surface area contributed by atoms with Gasteiger partial charge in [-0.05, 0) is 32.1 Å². The summed E-state index contributed by atoms with van der Waals surface area (Å²) in [7, 11) is 0. The summed E-state index contributed by atoms with van der Waals surface area (Å²) in [5.41, 5.74) is 0.419. The maximum Gasteiger partial charge on any atom is 0.130 e. The molecule has 0 aliphatic rings. The lowest BCUT2D eigenvalue weighted by Crippen LogP contribution is -2.25. The third kappa shape index (κ3) is 4.26. The van der Waals surface area contributed by atoms with Crippen molar-refractivity contribution in [2.24, 2.45) is 0 Å². The second-order valence-electron chi connectivity index (χ2n) is 4.20. The van der Waals surface area contributed by atoms with Gasteiger partial charge in [0.1, 0.15) is 5.82 Å². The van der Waals surface area contributed by atoms with Crippen LogP contribution in [0.25, 0.3) is 0 Å². The monoisotopic (exact) mass is 271 g/mol. The summed E-state index contributed by atoms with van der Waals surface area (Å²) in [5.74, 6) is 0.586. The van der Waals surface area contributed by atoms with Crippen LogP contribution < -0.4 is 0 Å². The van der Waals surface area contributed by atoms with E-state index in [9.17, 15) is 9.50 Å². The van der Waals surface area contributed by atoms with Crippen molar-refractivity contribution in [1.29, 1.82) is 0 Å². The Balaban J connectivity index is 2.64. The standard InChI is InChI=1S/C14H22FNOS/c1-4-16(5-2)9-10-18-13-8-6-7-12(15)14(13)11(3)17/h6-8,11,17H,4-5,9-10H2,1-3H3/t11-/m0/s1. The molecule has 0 amide bonds. The summed E-state index contributed by atoms with van der Waals surface area (Å²) in [5, 5.41) is 9.62. The summed E-state index contributed by atoms with van der Waals surface area (Å²) < 4.78 is 13.6. The Bertz CT molecular complexity index is 367. The van der Waals surface area contributed by atoms with E-state index in [1.807, 2.05) is 6.07 Å². The van der Waals surface area contributed by atoms with E-state index in [1.54, 1.807) is 24.8 Å². The van der Waals surface area contributed by atoms with Crippen molar-refractivity contribution < 1.29 is 9.50 Å². The number of aliphatic hydroxyl groups excluding tert-OH is 1. The summed E-state index contributed by atoms with van der Waals surface area (Å²) in [6.07, 6.45) is -0.762. The Morgan fingerprint density at radius 1 is 1.33 bits per heavy atom. The largest absolute Gasteiger partial charge is 0.389 e. The topological polar surface area (TPSA) is 23.5 Å². The highest BCUT2D eigenvalue weighted by Gasteiger charge is 2.13. The average Bonchev–Trinajstić information content (AvgIpc) is 2.34. The maximum atomic E-state index is 13.6. The highest BCUT2D eigenvalue weighted by Crippen LogP contribution is 2.29. The first kappa shape index (κ1) is 15.5. The van der Waals surface area contributed by atoms with Crippen molar-refractivity contribution in [2.45, 2.75) is 31.8 Å². The van der Waals surface area contributed by atoms with E-state index in [2.05, 4.69) is 18.7 Å². The molecule has 0 aromatic heterocycles. The number of halogens is 1. The van der Waals surface area contributed by atoms with Crippen molar-refractivity contribution >= 4 is 11.8 Å². The molecular weight excluding hydrogens is 249 g/mol. The predicted octanol–water partition coefficient (Wildman–Crippen LogP) is 3.31. The van der Waals surface area contributed by atoms with Gasteiger partial charge in [0, 0.05) is 22.8 Å². The smallest absolute Gasteiger partial charge is 0.130 e. The van der Waals surface area contributed by atoms with Crippen LogP contribution in [0.5, 0.6) is 0 Å². The first-order valence-corrected chi connectivity index (χ1v) is 7.40. The van der Waals surface area contributed by atoms with E-state index in [0.717, 1.165) is 30.3 Å². The van der Waals surface area contributed by atoms with Crippen LogP contribution >= 0.6 is 11.8 Å². The van der Waals surface area contributed by atoms with Gasteiger partial charge in [0.15, 0.2) is 0 Å². The minimum absolute atomic E-state index is 0.321. The van der Waals surface area contributed by atoms with Crippen LogP contribution in [0.15, 0.2) is 23.1 Å². The number of hydrogen-bond acceptors (Lipinski definition) is 3. The van der Waals surface area contributed by atoms with Gasteiger partial charge in [-0.3, -0.25) is 0 Å². The first-order valence-electron chi connectivity index (χ1n) is 6.41. The van der Waals surface area contributed by atoms with Gasteiger partial charge in [-0.1, -0.05) is 19.9 Å². The molecule has 0 radical (unpaired) electrons. The minimum Gasteiger partial charge on any atom is -0.389 e. The quantitative estimate of drug-likeness (QED) is 0.770. The molecule has 0 saturated carbocycles. The zero-order valence-electron chi connectivity index (χ0n) is 11.3. The SMILES string of the molecule is CCN(CC)CCSc1cccc(F)c1[C@H](C)O. The summed E-state index contributed by atoms with van der Waals surface area (Å²) in [6.45, 7) is 8.92. The van der Waals surface area contributed by atoms with E-state index < -0.39 is 6.10 Å². The summed E-state index contributed by atoms with van der Waals surface area (Å²) >= 11 is 1.61. The van der Waals surface area contributed by atoms with E-state index in [1.165, 1.54) is 6.07 Å². The molecule has 4 heteroatoms. The molecule has 1 N–H and O–H groups in total. The highest BCUT2D eigenvalue weighted by atomic mass is 32.2. The van der Waals surface area contributed by atoms with Crippen LogP contribution in [0.2, 0.25) is 0 Å². The number of nitrogens with zero attached hydrogens (tertiary/aromatic N) is 1. The molecule has 18 heavy (non-hydrogen) atoms. The zero-order valence-corrected chi connectivity index (χ0v) is 12.1. The normalized spacial score (nSPS) is 13.0. The van der Waals surface area contributed by atoms with Crippen molar-refractivity contribution in [3.8, 4) is 0 Å². The van der Waals surface area contributed by atoms with Gasteiger partial charge < -0.3 is 10.0 Å². The Hall–Kier alpha value is -0.580. The lowest BCUT2D eigenvalue weighted by molar-refractivity contribution is 0.191. The first-order chi connectivity index (χ1) is 8.60. The van der Waals surface area contributed by atoms with Gasteiger partial charge in [-0.15, -0.1) is 11.8 Å². The number of benzene rings is 1. The third-order valence-corrected chi connectivity index (χ3v) is 4.04. The molecule has 0 saturated heterocycles. The molecule has 1 atom stereocenters. The fourth-order valence-electron chi connectivity index (χ4n) is 1.87. The van der Waals surface area contributed by atoms with E-state index >= 15 is 0 Å². The molecule has 0 unspecified atom stereocenters. The van der Waals surface area contributed by atoms with Gasteiger partial charge in [0.05, 0.1) is 6.10 Å². The number of rotatable bonds is 7. The maximum absolute atomic E-state index is 13.6. The average molecular weight is 271 g/mol. The van der Waals surface area contributed by atoms with Crippen molar-refractivity contribution in [1.82, 2.24) is 4.90 Å². The molecule has 0 spiro atoms. The molecule has 0 aliphatic heterocycles. The van der Waals surface area contributed by atoms with Crippen LogP contribution in [-0.4, -0.2) is 35.4 Å². The molecule has 2 nitrogen and oxygen atoms in total. The van der Waals surface area contributed by atoms with Crippen molar-refractivity contribution in [2.75, 3.05) is 25.4 Å². The Kier molecular flexibility index (Phi) is 6.68. The van der Waals surface area contributed by atoms with Crippen LogP contribution in [-0.2, 0) is 0 Å². The van der Waals surface area contributed by atoms with Crippen molar-refractivity contribution in [3.05, 3.63) is 29.6 Å². The fraction of sp³-hybridized carbons (Fsp3) is 0.571. The molecule has 102 valence electrons. The van der Waals surface area contributed by atoms with Gasteiger partial charge in [-0.2, -0.15) is 0 Å². The molecule has 0 fully saturated rings. The van der Waals surface area contributed by atoms with Crippen LogP contribution in [0.3, 0.4) is 0 Å². The fourth-order valence-corrected chi connectivity index (χ4v) is 3.04. The number of aliphatic hydroxyl groups is 1. The molecule has 1 aromatic rings. The lowest BCUT2D eigenvalue weighted by Gasteiger charge is -2.18. The molecule has 0 heterocycles. The van der Waals surface area contributed by atoms with E-state index in [0.29, 0.717) is 5.56 Å². The zero-order chi connectivity index (χ0) is 13.5. The highest BCUT2D eigenvalue weighted by molar-refractivity contribution is 7.99. The summed E-state index contributed by atoms with van der Waals surface area (Å²) in [6, 6.07) is 4.97. The minimum atomic E-state index is -0.762. The van der Waals surface area contributed by atoms with Crippen LogP contribution in [0.1, 0.15) is 32.4 Å². The molecule has 1 rings (SSSR count). The Morgan fingerprint density at radius 3 is 2.56 bits per heavy atom. The van der Waals surface area contributed by atoms with E-state index in [4.69, 9.17) is 0 Å². The lowest BCUT2D eigenvalue weighted by atomic mass is 10.1. The predicted molar refractivity (Wildman–Crippen MR) is 75.5 cm³/mol. The molecule has 1 aromatic carbocycles. The van der Waals surface area contributed by atoms with Gasteiger partial charge >= 0.3 is 0 Å².